The van der Waals surface area contributed by atoms with E-state index in [1.807, 2.05) is 13.0 Å². The van der Waals surface area contributed by atoms with Crippen molar-refractivity contribution in [1.82, 2.24) is 19.7 Å². The molecular formula is C34H40N4O5. The molecule has 0 spiro atoms. The van der Waals surface area contributed by atoms with Crippen LogP contribution in [-0.4, -0.2) is 81.7 Å². The zero-order valence-electron chi connectivity index (χ0n) is 24.9. The number of aryl methyl sites for hydroxylation is 2. The van der Waals surface area contributed by atoms with Crippen LogP contribution in [0.1, 0.15) is 64.5 Å². The lowest BCUT2D eigenvalue weighted by molar-refractivity contribution is 0.0493. The number of amides is 2. The van der Waals surface area contributed by atoms with Crippen molar-refractivity contribution in [3.8, 4) is 11.6 Å². The SMILES string of the molecule is Cc1cccc(C2CN(C3CCOCC3)C(=O)N2C2CCN(Cc3ccc(Oc4ccc(C(=O)O)cc4)nc3C)CC2)c1. The lowest BCUT2D eigenvalue weighted by Crippen LogP contribution is -2.48. The molecule has 3 saturated heterocycles. The molecule has 9 heteroatoms. The molecule has 3 aliphatic rings. The lowest BCUT2D eigenvalue weighted by atomic mass is 9.98. The molecule has 1 aromatic heterocycles. The quantitative estimate of drug-likeness (QED) is 0.357. The van der Waals surface area contributed by atoms with Gasteiger partial charge < -0.3 is 24.4 Å². The van der Waals surface area contributed by atoms with E-state index >= 15 is 0 Å². The summed E-state index contributed by atoms with van der Waals surface area (Å²) in [6, 6.07) is 19.6. The summed E-state index contributed by atoms with van der Waals surface area (Å²) in [6.07, 6.45) is 3.70. The molecule has 1 atom stereocenters. The van der Waals surface area contributed by atoms with E-state index in [0.717, 1.165) is 76.3 Å². The van der Waals surface area contributed by atoms with Crippen molar-refractivity contribution in [2.24, 2.45) is 0 Å². The van der Waals surface area contributed by atoms with Gasteiger partial charge in [-0.1, -0.05) is 35.9 Å². The first kappa shape index (κ1) is 29.1. The van der Waals surface area contributed by atoms with Crippen molar-refractivity contribution >= 4 is 12.0 Å². The summed E-state index contributed by atoms with van der Waals surface area (Å²) in [5.41, 5.74) is 4.72. The molecule has 9 nitrogen and oxygen atoms in total. The van der Waals surface area contributed by atoms with E-state index in [4.69, 9.17) is 14.6 Å². The smallest absolute Gasteiger partial charge is 0.335 e. The molecule has 2 amide bonds. The maximum absolute atomic E-state index is 14.0. The largest absolute Gasteiger partial charge is 0.478 e. The number of hydrogen-bond donors (Lipinski definition) is 1. The van der Waals surface area contributed by atoms with Crippen molar-refractivity contribution in [1.29, 1.82) is 0 Å². The summed E-state index contributed by atoms with van der Waals surface area (Å²) in [7, 11) is 0. The van der Waals surface area contributed by atoms with E-state index < -0.39 is 5.97 Å². The normalized spacial score (nSPS) is 20.5. The molecule has 1 unspecified atom stereocenters. The van der Waals surface area contributed by atoms with Gasteiger partial charge in [0.2, 0.25) is 5.88 Å². The zero-order valence-corrected chi connectivity index (χ0v) is 24.9. The summed E-state index contributed by atoms with van der Waals surface area (Å²) in [6.45, 7) is 8.93. The van der Waals surface area contributed by atoms with Gasteiger partial charge in [-0.2, -0.15) is 0 Å². The van der Waals surface area contributed by atoms with Gasteiger partial charge in [0.05, 0.1) is 11.6 Å². The molecule has 1 N–H and O–H groups in total. The fourth-order valence-electron chi connectivity index (χ4n) is 6.66. The van der Waals surface area contributed by atoms with Crippen LogP contribution in [0.4, 0.5) is 4.79 Å². The highest BCUT2D eigenvalue weighted by Crippen LogP contribution is 2.37. The van der Waals surface area contributed by atoms with Crippen LogP contribution in [0.15, 0.2) is 60.7 Å². The summed E-state index contributed by atoms with van der Waals surface area (Å²) in [4.78, 5) is 36.5. The van der Waals surface area contributed by atoms with Gasteiger partial charge in [-0.3, -0.25) is 4.90 Å². The second kappa shape index (κ2) is 12.7. The number of carbonyl (C=O) groups excluding carboxylic acids is 1. The van der Waals surface area contributed by atoms with Gasteiger partial charge >= 0.3 is 12.0 Å². The molecule has 0 radical (unpaired) electrons. The van der Waals surface area contributed by atoms with Crippen molar-refractivity contribution in [2.45, 2.75) is 64.2 Å². The molecule has 0 bridgehead atoms. The minimum absolute atomic E-state index is 0.0751. The van der Waals surface area contributed by atoms with E-state index in [0.29, 0.717) is 11.6 Å². The standard InChI is InChI=1S/C34H40N4O5/c1-23-4-3-5-26(20-23)31-22-37(28-14-18-42-19-15-28)34(41)38(31)29-12-16-36(17-13-29)21-27-8-11-32(35-24(27)2)43-30-9-6-25(7-10-30)33(39)40/h3-11,20,28-29,31H,12-19,21-22H2,1-2H3,(H,39,40). The summed E-state index contributed by atoms with van der Waals surface area (Å²) in [5, 5.41) is 9.10. The van der Waals surface area contributed by atoms with E-state index in [2.05, 4.69) is 56.9 Å². The van der Waals surface area contributed by atoms with Gasteiger partial charge in [-0.15, -0.1) is 0 Å². The number of carbonyl (C=O) groups is 2. The molecule has 3 fully saturated rings. The number of urea groups is 1. The van der Waals surface area contributed by atoms with Gasteiger partial charge in [0.15, 0.2) is 0 Å². The van der Waals surface area contributed by atoms with Gasteiger partial charge in [0, 0.05) is 63.2 Å². The predicted molar refractivity (Wildman–Crippen MR) is 162 cm³/mol. The second-order valence-electron chi connectivity index (χ2n) is 11.9. The monoisotopic (exact) mass is 584 g/mol. The first-order valence-corrected chi connectivity index (χ1v) is 15.3. The van der Waals surface area contributed by atoms with Gasteiger partial charge in [-0.25, -0.2) is 14.6 Å². The Morgan fingerprint density at radius 2 is 1.72 bits per heavy atom. The fraction of sp³-hybridized carbons (Fsp3) is 0.441. The van der Waals surface area contributed by atoms with Crippen LogP contribution >= 0.6 is 0 Å². The molecule has 226 valence electrons. The molecular weight excluding hydrogens is 544 g/mol. The number of hydrogen-bond acceptors (Lipinski definition) is 6. The van der Waals surface area contributed by atoms with Gasteiger partial charge in [-0.05, 0) is 74.9 Å². The van der Waals surface area contributed by atoms with Crippen LogP contribution in [0, 0.1) is 13.8 Å². The Bertz CT molecular complexity index is 1450. The molecule has 2 aromatic carbocycles. The summed E-state index contributed by atoms with van der Waals surface area (Å²) >= 11 is 0. The van der Waals surface area contributed by atoms with Gasteiger partial charge in [0.1, 0.15) is 5.75 Å². The summed E-state index contributed by atoms with van der Waals surface area (Å²) in [5.74, 6) is 0.0541. The van der Waals surface area contributed by atoms with Crippen molar-refractivity contribution < 1.29 is 24.2 Å². The number of rotatable bonds is 8. The third-order valence-corrected chi connectivity index (χ3v) is 9.07. The van der Waals surface area contributed by atoms with E-state index in [1.54, 1.807) is 12.1 Å². The van der Waals surface area contributed by atoms with E-state index in [9.17, 15) is 9.59 Å². The summed E-state index contributed by atoms with van der Waals surface area (Å²) < 4.78 is 11.5. The molecule has 6 rings (SSSR count). The van der Waals surface area contributed by atoms with E-state index in [-0.39, 0.29) is 29.7 Å². The molecule has 43 heavy (non-hydrogen) atoms. The molecule has 3 aromatic rings. The van der Waals surface area contributed by atoms with Crippen molar-refractivity contribution in [3.63, 3.8) is 0 Å². The Hall–Kier alpha value is -3.95. The predicted octanol–water partition coefficient (Wildman–Crippen LogP) is 5.81. The Kier molecular flexibility index (Phi) is 8.63. The Balaban J connectivity index is 1.09. The number of benzene rings is 2. The average Bonchev–Trinajstić information content (AvgIpc) is 3.36. The van der Waals surface area contributed by atoms with E-state index in [1.165, 1.54) is 23.3 Å². The number of nitrogens with zero attached hydrogens (tertiary/aromatic N) is 4. The Labute approximate surface area is 253 Å². The molecule has 0 aliphatic carbocycles. The number of piperidine rings is 1. The van der Waals surface area contributed by atoms with Crippen LogP contribution in [0.25, 0.3) is 0 Å². The fourth-order valence-corrected chi connectivity index (χ4v) is 6.66. The topological polar surface area (TPSA) is 95.4 Å². The number of pyridine rings is 1. The van der Waals surface area contributed by atoms with Crippen molar-refractivity contribution in [2.75, 3.05) is 32.8 Å². The third kappa shape index (κ3) is 6.53. The third-order valence-electron chi connectivity index (χ3n) is 9.07. The minimum atomic E-state index is -0.969. The number of ether oxygens (including phenoxy) is 2. The van der Waals surface area contributed by atoms with Crippen LogP contribution in [0.2, 0.25) is 0 Å². The molecule has 3 aliphatic heterocycles. The second-order valence-corrected chi connectivity index (χ2v) is 11.9. The maximum atomic E-state index is 14.0. The highest BCUT2D eigenvalue weighted by Gasteiger charge is 2.45. The number of aromatic carboxylic acids is 1. The maximum Gasteiger partial charge on any atom is 0.335 e. The number of aromatic nitrogens is 1. The number of likely N-dealkylation sites (tertiary alicyclic amines) is 1. The molecule has 0 saturated carbocycles. The average molecular weight is 585 g/mol. The number of carboxylic acid groups (broad SMARTS) is 1. The first-order chi connectivity index (χ1) is 20.9. The zero-order chi connectivity index (χ0) is 29.9. The van der Waals surface area contributed by atoms with Gasteiger partial charge in [0.25, 0.3) is 0 Å². The lowest BCUT2D eigenvalue weighted by Gasteiger charge is -2.39. The number of carboxylic acids is 1. The highest BCUT2D eigenvalue weighted by molar-refractivity contribution is 5.87. The Morgan fingerprint density at radius 1 is 0.977 bits per heavy atom. The highest BCUT2D eigenvalue weighted by atomic mass is 16.5. The first-order valence-electron chi connectivity index (χ1n) is 15.3. The van der Waals surface area contributed by atoms with Crippen LogP contribution in [-0.2, 0) is 11.3 Å². The van der Waals surface area contributed by atoms with Crippen LogP contribution in [0.3, 0.4) is 0 Å². The minimum Gasteiger partial charge on any atom is -0.478 e. The van der Waals surface area contributed by atoms with Crippen molar-refractivity contribution in [3.05, 3.63) is 88.6 Å². The Morgan fingerprint density at radius 3 is 2.40 bits per heavy atom. The molecule has 4 heterocycles. The van der Waals surface area contributed by atoms with Crippen LogP contribution < -0.4 is 4.74 Å². The van der Waals surface area contributed by atoms with Crippen LogP contribution in [0.5, 0.6) is 11.6 Å².